The van der Waals surface area contributed by atoms with Gasteiger partial charge < -0.3 is 0 Å². The Morgan fingerprint density at radius 1 is 1.11 bits per heavy atom. The second kappa shape index (κ2) is 6.88. The number of imide groups is 2. The van der Waals surface area contributed by atoms with E-state index < -0.39 is 23.8 Å². The smallest absolute Gasteiger partial charge is 0.293 e. The van der Waals surface area contributed by atoms with Crippen LogP contribution in [0, 0.1) is 5.92 Å². The number of amides is 4. The molecule has 0 saturated carbocycles. The molecule has 1 heterocycles. The van der Waals surface area contributed by atoms with Crippen LogP contribution < -0.4 is 10.6 Å². The fourth-order valence-corrected chi connectivity index (χ4v) is 1.78. The molecular formula is C12H19N3O3. The fourth-order valence-electron chi connectivity index (χ4n) is 1.78. The van der Waals surface area contributed by atoms with E-state index in [-0.39, 0.29) is 0 Å². The van der Waals surface area contributed by atoms with Gasteiger partial charge in [-0.05, 0) is 13.3 Å². The maximum Gasteiger partial charge on any atom is 0.328 e. The van der Waals surface area contributed by atoms with E-state index >= 15 is 0 Å². The number of carbonyl (C=O) groups excluding carboxylic acids is 3. The first-order chi connectivity index (χ1) is 8.56. The number of aliphatic imine (C=N–C) groups is 1. The summed E-state index contributed by atoms with van der Waals surface area (Å²) in [6.45, 7) is 4.37. The van der Waals surface area contributed by atoms with Crippen LogP contribution in [0.5, 0.6) is 0 Å². The number of unbranched alkanes of at least 4 members (excludes halogenated alkanes) is 3. The molecule has 18 heavy (non-hydrogen) atoms. The van der Waals surface area contributed by atoms with E-state index in [1.54, 1.807) is 6.92 Å². The van der Waals surface area contributed by atoms with Crippen molar-refractivity contribution in [3.05, 3.63) is 0 Å². The second-order valence-corrected chi connectivity index (χ2v) is 4.32. The van der Waals surface area contributed by atoms with Crippen LogP contribution in [0.25, 0.3) is 0 Å². The highest BCUT2D eigenvalue weighted by atomic mass is 16.2. The molecule has 2 N–H and O–H groups in total. The Balaban J connectivity index is 2.51. The number of rotatable bonds is 6. The molecule has 0 bridgehead atoms. The molecule has 1 rings (SSSR count). The van der Waals surface area contributed by atoms with E-state index in [0.29, 0.717) is 12.3 Å². The van der Waals surface area contributed by atoms with Crippen LogP contribution in [0.4, 0.5) is 4.79 Å². The van der Waals surface area contributed by atoms with Crippen LogP contribution in [0.2, 0.25) is 0 Å². The minimum absolute atomic E-state index is 0.453. The summed E-state index contributed by atoms with van der Waals surface area (Å²) in [6.07, 6.45) is 4.35. The lowest BCUT2D eigenvalue weighted by molar-refractivity contribution is -0.132. The first-order valence-electron chi connectivity index (χ1n) is 6.23. The Morgan fingerprint density at radius 3 is 2.28 bits per heavy atom. The Bertz CT molecular complexity index is 357. The zero-order valence-electron chi connectivity index (χ0n) is 10.8. The van der Waals surface area contributed by atoms with Gasteiger partial charge in [-0.25, -0.2) is 4.79 Å². The van der Waals surface area contributed by atoms with Gasteiger partial charge in [-0.3, -0.25) is 25.2 Å². The Morgan fingerprint density at radius 2 is 1.72 bits per heavy atom. The number of barbiturate groups is 1. The first-order valence-corrected chi connectivity index (χ1v) is 6.23. The van der Waals surface area contributed by atoms with Crippen LogP contribution in [-0.4, -0.2) is 30.1 Å². The third kappa shape index (κ3) is 3.94. The maximum absolute atomic E-state index is 11.5. The maximum atomic E-state index is 11.5. The molecule has 4 amide bonds. The van der Waals surface area contributed by atoms with Crippen LogP contribution in [-0.2, 0) is 9.59 Å². The molecule has 100 valence electrons. The van der Waals surface area contributed by atoms with E-state index in [9.17, 15) is 14.4 Å². The van der Waals surface area contributed by atoms with Crippen molar-refractivity contribution in [2.24, 2.45) is 10.9 Å². The third-order valence-electron chi connectivity index (χ3n) is 2.79. The average molecular weight is 253 g/mol. The molecule has 1 aliphatic heterocycles. The van der Waals surface area contributed by atoms with E-state index in [2.05, 4.69) is 22.5 Å². The average Bonchev–Trinajstić information content (AvgIpc) is 2.27. The van der Waals surface area contributed by atoms with Crippen LogP contribution in [0.15, 0.2) is 4.99 Å². The standard InChI is InChI=1S/C12H19N3O3/c1-3-4-5-6-7-13-8(2)9-10(16)14-12(18)15-11(9)17/h9H,3-7H2,1-2H3,(H2,14,15,16,17,18). The number of nitrogens with zero attached hydrogens (tertiary/aromatic N) is 1. The Labute approximate surface area is 106 Å². The van der Waals surface area contributed by atoms with Gasteiger partial charge in [0.05, 0.1) is 0 Å². The summed E-state index contributed by atoms with van der Waals surface area (Å²) < 4.78 is 0. The molecule has 1 aliphatic rings. The van der Waals surface area contributed by atoms with Gasteiger partial charge in [0.15, 0.2) is 5.92 Å². The summed E-state index contributed by atoms with van der Waals surface area (Å²) in [4.78, 5) is 38.1. The Hall–Kier alpha value is -1.72. The van der Waals surface area contributed by atoms with Crippen LogP contribution >= 0.6 is 0 Å². The molecule has 1 saturated heterocycles. The number of nitrogens with one attached hydrogen (secondary N) is 2. The zero-order chi connectivity index (χ0) is 13.5. The molecule has 0 aliphatic carbocycles. The normalized spacial score (nSPS) is 17.7. The zero-order valence-corrected chi connectivity index (χ0v) is 10.8. The number of hydrogen-bond donors (Lipinski definition) is 2. The van der Waals surface area contributed by atoms with Gasteiger partial charge >= 0.3 is 6.03 Å². The predicted octanol–water partition coefficient (Wildman–Crippen LogP) is 1.01. The van der Waals surface area contributed by atoms with Crippen molar-refractivity contribution < 1.29 is 14.4 Å². The van der Waals surface area contributed by atoms with Crippen molar-refractivity contribution in [3.63, 3.8) is 0 Å². The van der Waals surface area contributed by atoms with E-state index in [0.717, 1.165) is 25.7 Å². The monoisotopic (exact) mass is 253 g/mol. The molecular weight excluding hydrogens is 234 g/mol. The number of carbonyl (C=O) groups is 3. The molecule has 0 unspecified atom stereocenters. The highest BCUT2D eigenvalue weighted by molar-refractivity contribution is 6.27. The highest BCUT2D eigenvalue weighted by Crippen LogP contribution is 2.06. The molecule has 0 spiro atoms. The van der Waals surface area contributed by atoms with Crippen LogP contribution in [0.3, 0.4) is 0 Å². The van der Waals surface area contributed by atoms with Crippen molar-refractivity contribution in [1.29, 1.82) is 0 Å². The molecule has 6 nitrogen and oxygen atoms in total. The van der Waals surface area contributed by atoms with Gasteiger partial charge in [-0.2, -0.15) is 0 Å². The minimum atomic E-state index is -0.978. The van der Waals surface area contributed by atoms with Crippen LogP contribution in [0.1, 0.15) is 39.5 Å². The largest absolute Gasteiger partial charge is 0.328 e. The summed E-state index contributed by atoms with van der Waals surface area (Å²) in [5.41, 5.74) is 0.453. The summed E-state index contributed by atoms with van der Waals surface area (Å²) in [5, 5.41) is 4.12. The van der Waals surface area contributed by atoms with Crippen molar-refractivity contribution in [1.82, 2.24) is 10.6 Å². The lowest BCUT2D eigenvalue weighted by Gasteiger charge is -2.20. The third-order valence-corrected chi connectivity index (χ3v) is 2.79. The fraction of sp³-hybridized carbons (Fsp3) is 0.667. The van der Waals surface area contributed by atoms with Gasteiger partial charge in [0.2, 0.25) is 11.8 Å². The van der Waals surface area contributed by atoms with Gasteiger partial charge in [-0.15, -0.1) is 0 Å². The molecule has 0 atom stereocenters. The SMILES string of the molecule is CCCCCCN=C(C)C1C(=O)NC(=O)NC1=O. The molecule has 0 aromatic carbocycles. The highest BCUT2D eigenvalue weighted by Gasteiger charge is 2.35. The first kappa shape index (κ1) is 14.3. The van der Waals surface area contributed by atoms with E-state index in [4.69, 9.17) is 0 Å². The molecule has 6 heteroatoms. The second-order valence-electron chi connectivity index (χ2n) is 4.32. The minimum Gasteiger partial charge on any atom is -0.293 e. The van der Waals surface area contributed by atoms with Crippen molar-refractivity contribution in [3.8, 4) is 0 Å². The molecule has 0 aromatic rings. The molecule has 1 fully saturated rings. The van der Waals surface area contributed by atoms with Crippen molar-refractivity contribution in [2.75, 3.05) is 6.54 Å². The summed E-state index contributed by atoms with van der Waals surface area (Å²) in [6, 6.07) is -0.767. The summed E-state index contributed by atoms with van der Waals surface area (Å²) in [5.74, 6) is -2.18. The van der Waals surface area contributed by atoms with Crippen molar-refractivity contribution in [2.45, 2.75) is 39.5 Å². The number of hydrogen-bond acceptors (Lipinski definition) is 4. The number of urea groups is 1. The quantitative estimate of drug-likeness (QED) is 0.420. The van der Waals surface area contributed by atoms with Gasteiger partial charge in [-0.1, -0.05) is 26.2 Å². The van der Waals surface area contributed by atoms with Crippen molar-refractivity contribution >= 4 is 23.6 Å². The molecule has 0 radical (unpaired) electrons. The van der Waals surface area contributed by atoms with E-state index in [1.807, 2.05) is 0 Å². The molecule has 0 aromatic heterocycles. The van der Waals surface area contributed by atoms with Gasteiger partial charge in [0.1, 0.15) is 0 Å². The summed E-state index contributed by atoms with van der Waals surface area (Å²) >= 11 is 0. The van der Waals surface area contributed by atoms with Gasteiger partial charge in [0.25, 0.3) is 0 Å². The lowest BCUT2D eigenvalue weighted by Crippen LogP contribution is -2.57. The topological polar surface area (TPSA) is 87.6 Å². The summed E-state index contributed by atoms with van der Waals surface area (Å²) in [7, 11) is 0. The van der Waals surface area contributed by atoms with Gasteiger partial charge in [0, 0.05) is 12.3 Å². The Kier molecular flexibility index (Phi) is 5.48. The van der Waals surface area contributed by atoms with E-state index in [1.165, 1.54) is 0 Å². The lowest BCUT2D eigenvalue weighted by atomic mass is 10.0. The predicted molar refractivity (Wildman–Crippen MR) is 67.3 cm³/mol.